The highest BCUT2D eigenvalue weighted by Crippen LogP contribution is 2.45. The first-order valence-electron chi connectivity index (χ1n) is 5.96. The van der Waals surface area contributed by atoms with Crippen molar-refractivity contribution in [2.45, 2.75) is 57.0 Å². The number of methoxy groups -OCH3 is 1. The lowest BCUT2D eigenvalue weighted by Crippen LogP contribution is -2.64. The summed E-state index contributed by atoms with van der Waals surface area (Å²) in [6.07, 6.45) is -4.31. The Morgan fingerprint density at radius 1 is 1.32 bits per heavy atom. The highest BCUT2D eigenvalue weighted by molar-refractivity contribution is 5.83. The molecule has 1 unspecified atom stereocenters. The third-order valence-corrected chi connectivity index (χ3v) is 3.37. The van der Waals surface area contributed by atoms with E-state index in [-0.39, 0.29) is 6.42 Å². The second-order valence-corrected chi connectivity index (χ2v) is 5.91. The van der Waals surface area contributed by atoms with E-state index in [4.69, 9.17) is 4.74 Å². The Balaban J connectivity index is 3.11. The number of hydrogen-bond acceptors (Lipinski definition) is 4. The standard InChI is InChI=1S/C12H20F3NO3/c1-9(2)6-11(8(17)18-5,10(3,4)19-9)16-7-12(13,14)15/h16H,6-7H2,1-5H3. The van der Waals surface area contributed by atoms with Crippen molar-refractivity contribution in [2.75, 3.05) is 13.7 Å². The molecule has 0 aromatic rings. The molecule has 4 nitrogen and oxygen atoms in total. The average molecular weight is 283 g/mol. The van der Waals surface area contributed by atoms with Crippen LogP contribution in [0.1, 0.15) is 34.1 Å². The van der Waals surface area contributed by atoms with E-state index < -0.39 is 35.4 Å². The first-order chi connectivity index (χ1) is 8.35. The Morgan fingerprint density at radius 2 is 1.84 bits per heavy atom. The van der Waals surface area contributed by atoms with Crippen LogP contribution in [0.2, 0.25) is 0 Å². The molecule has 0 aromatic heterocycles. The summed E-state index contributed by atoms with van der Waals surface area (Å²) in [6, 6.07) is 0. The smallest absolute Gasteiger partial charge is 0.401 e. The summed E-state index contributed by atoms with van der Waals surface area (Å²) < 4.78 is 47.7. The van der Waals surface area contributed by atoms with Crippen LogP contribution < -0.4 is 5.32 Å². The normalized spacial score (nSPS) is 29.3. The summed E-state index contributed by atoms with van der Waals surface area (Å²) in [5, 5.41) is 2.31. The van der Waals surface area contributed by atoms with Crippen molar-refractivity contribution < 1.29 is 27.4 Å². The van der Waals surface area contributed by atoms with Gasteiger partial charge in [-0.15, -0.1) is 0 Å². The molecule has 0 aliphatic carbocycles. The lowest BCUT2D eigenvalue weighted by molar-refractivity contribution is -0.163. The van der Waals surface area contributed by atoms with Crippen LogP contribution in [0.4, 0.5) is 13.2 Å². The number of halogens is 3. The van der Waals surface area contributed by atoms with Crippen LogP contribution in [0.5, 0.6) is 0 Å². The zero-order chi connectivity index (χ0) is 15.1. The van der Waals surface area contributed by atoms with Crippen molar-refractivity contribution in [3.63, 3.8) is 0 Å². The Hall–Kier alpha value is -0.820. The molecule has 1 heterocycles. The molecule has 1 rings (SSSR count). The third-order valence-electron chi connectivity index (χ3n) is 3.37. The maximum absolute atomic E-state index is 12.4. The fourth-order valence-corrected chi connectivity index (χ4v) is 2.76. The van der Waals surface area contributed by atoms with E-state index in [0.29, 0.717) is 0 Å². The molecule has 7 heteroatoms. The van der Waals surface area contributed by atoms with E-state index in [0.717, 1.165) is 7.11 Å². The molecule has 0 radical (unpaired) electrons. The Bertz CT molecular complexity index is 366. The lowest BCUT2D eigenvalue weighted by Gasteiger charge is -2.38. The average Bonchev–Trinajstić information content (AvgIpc) is 2.38. The zero-order valence-corrected chi connectivity index (χ0v) is 11.8. The van der Waals surface area contributed by atoms with Gasteiger partial charge in [-0.1, -0.05) is 0 Å². The van der Waals surface area contributed by atoms with E-state index in [1.165, 1.54) is 0 Å². The second-order valence-electron chi connectivity index (χ2n) is 5.91. The van der Waals surface area contributed by atoms with Gasteiger partial charge in [0.2, 0.25) is 0 Å². The van der Waals surface area contributed by atoms with Gasteiger partial charge in [-0.3, -0.25) is 5.32 Å². The zero-order valence-electron chi connectivity index (χ0n) is 11.8. The van der Waals surface area contributed by atoms with Gasteiger partial charge in [0.05, 0.1) is 24.9 Å². The quantitative estimate of drug-likeness (QED) is 0.805. The predicted octanol–water partition coefficient (Wildman–Crippen LogP) is 2.03. The van der Waals surface area contributed by atoms with Crippen molar-refractivity contribution in [1.29, 1.82) is 0 Å². The summed E-state index contributed by atoms with van der Waals surface area (Å²) in [7, 11) is 1.15. The topological polar surface area (TPSA) is 47.6 Å². The Labute approximate surface area is 110 Å². The van der Waals surface area contributed by atoms with Gasteiger partial charge >= 0.3 is 12.1 Å². The second kappa shape index (κ2) is 4.63. The van der Waals surface area contributed by atoms with Crippen LogP contribution >= 0.6 is 0 Å². The van der Waals surface area contributed by atoms with Crippen molar-refractivity contribution in [3.05, 3.63) is 0 Å². The van der Waals surface area contributed by atoms with E-state index in [2.05, 4.69) is 10.1 Å². The molecule has 0 bridgehead atoms. The third kappa shape index (κ3) is 3.20. The van der Waals surface area contributed by atoms with Crippen LogP contribution in [0, 0.1) is 0 Å². The number of ether oxygens (including phenoxy) is 2. The van der Waals surface area contributed by atoms with E-state index in [9.17, 15) is 18.0 Å². The van der Waals surface area contributed by atoms with Crippen molar-refractivity contribution >= 4 is 5.97 Å². The molecule has 1 aliphatic rings. The predicted molar refractivity (Wildman–Crippen MR) is 62.7 cm³/mol. The van der Waals surface area contributed by atoms with Gasteiger partial charge in [0.1, 0.15) is 5.54 Å². The summed E-state index contributed by atoms with van der Waals surface area (Å²) in [5.74, 6) is -0.743. The van der Waals surface area contributed by atoms with E-state index in [1.807, 2.05) is 0 Å². The molecular weight excluding hydrogens is 263 g/mol. The largest absolute Gasteiger partial charge is 0.468 e. The molecule has 1 fully saturated rings. The highest BCUT2D eigenvalue weighted by atomic mass is 19.4. The van der Waals surface area contributed by atoms with Gasteiger partial charge in [0, 0.05) is 6.42 Å². The Kier molecular flexibility index (Phi) is 3.95. The van der Waals surface area contributed by atoms with Crippen LogP contribution in [0.25, 0.3) is 0 Å². The molecule has 0 spiro atoms. The van der Waals surface area contributed by atoms with Gasteiger partial charge in [-0.05, 0) is 27.7 Å². The summed E-state index contributed by atoms with van der Waals surface area (Å²) >= 11 is 0. The van der Waals surface area contributed by atoms with Gasteiger partial charge < -0.3 is 9.47 Å². The lowest BCUT2D eigenvalue weighted by atomic mass is 9.79. The molecular formula is C12H20F3NO3. The van der Waals surface area contributed by atoms with Crippen molar-refractivity contribution in [2.24, 2.45) is 0 Å². The minimum atomic E-state index is -4.41. The summed E-state index contributed by atoms with van der Waals surface area (Å²) in [4.78, 5) is 12.0. The highest BCUT2D eigenvalue weighted by Gasteiger charge is 2.63. The number of rotatable bonds is 3. The number of alkyl halides is 3. The number of nitrogens with one attached hydrogen (secondary N) is 1. The fraction of sp³-hybridized carbons (Fsp3) is 0.917. The number of esters is 1. The maximum atomic E-state index is 12.4. The Morgan fingerprint density at radius 3 is 2.16 bits per heavy atom. The van der Waals surface area contributed by atoms with Gasteiger partial charge in [-0.25, -0.2) is 4.79 Å². The van der Waals surface area contributed by atoms with Gasteiger partial charge in [0.25, 0.3) is 0 Å². The minimum absolute atomic E-state index is 0.107. The van der Waals surface area contributed by atoms with E-state index in [1.54, 1.807) is 27.7 Å². The first kappa shape index (κ1) is 16.2. The molecule has 1 aliphatic heterocycles. The molecule has 19 heavy (non-hydrogen) atoms. The van der Waals surface area contributed by atoms with Gasteiger partial charge in [0.15, 0.2) is 0 Å². The molecule has 112 valence electrons. The SMILES string of the molecule is COC(=O)C1(NCC(F)(F)F)CC(C)(C)OC1(C)C. The minimum Gasteiger partial charge on any atom is -0.468 e. The number of carbonyl (C=O) groups is 1. The molecule has 0 saturated carbocycles. The number of hydrogen-bond donors (Lipinski definition) is 1. The summed E-state index contributed by atoms with van der Waals surface area (Å²) in [6.45, 7) is 5.36. The van der Waals surface area contributed by atoms with Gasteiger partial charge in [-0.2, -0.15) is 13.2 Å². The van der Waals surface area contributed by atoms with Crippen molar-refractivity contribution in [3.8, 4) is 0 Å². The van der Waals surface area contributed by atoms with Crippen LogP contribution in [0.15, 0.2) is 0 Å². The van der Waals surface area contributed by atoms with E-state index >= 15 is 0 Å². The molecule has 0 amide bonds. The van der Waals surface area contributed by atoms with Crippen LogP contribution in [0.3, 0.4) is 0 Å². The molecule has 1 atom stereocenters. The summed E-state index contributed by atoms with van der Waals surface area (Å²) in [5.41, 5.74) is -3.33. The number of carbonyl (C=O) groups excluding carboxylic acids is 1. The fourth-order valence-electron chi connectivity index (χ4n) is 2.76. The first-order valence-corrected chi connectivity index (χ1v) is 5.96. The molecule has 0 aromatic carbocycles. The monoisotopic (exact) mass is 283 g/mol. The van der Waals surface area contributed by atoms with Crippen LogP contribution in [-0.4, -0.2) is 42.5 Å². The molecule has 1 N–H and O–H groups in total. The molecule has 1 saturated heterocycles. The van der Waals surface area contributed by atoms with Crippen LogP contribution in [-0.2, 0) is 14.3 Å². The maximum Gasteiger partial charge on any atom is 0.401 e. The van der Waals surface area contributed by atoms with Crippen molar-refractivity contribution in [1.82, 2.24) is 5.32 Å².